The number of hydrogen-bond acceptors (Lipinski definition) is 2. The third-order valence-corrected chi connectivity index (χ3v) is 3.17. The van der Waals surface area contributed by atoms with Crippen LogP contribution in [0, 0.1) is 0 Å². The van der Waals surface area contributed by atoms with Gasteiger partial charge in [-0.3, -0.25) is 4.79 Å². The highest BCUT2D eigenvalue weighted by atomic mass is 35.5. The summed E-state index contributed by atoms with van der Waals surface area (Å²) in [4.78, 5) is 13.3. The summed E-state index contributed by atoms with van der Waals surface area (Å²) in [6.07, 6.45) is -0.148. The van der Waals surface area contributed by atoms with E-state index in [1.165, 1.54) is 0 Å². The third kappa shape index (κ3) is 2.48. The van der Waals surface area contributed by atoms with E-state index in [9.17, 15) is 4.79 Å². The Labute approximate surface area is 104 Å². The van der Waals surface area contributed by atoms with Crippen LogP contribution in [-0.2, 0) is 11.2 Å². The van der Waals surface area contributed by atoms with Crippen LogP contribution in [0.25, 0.3) is 0 Å². The van der Waals surface area contributed by atoms with Gasteiger partial charge < -0.3 is 10.0 Å². The van der Waals surface area contributed by atoms with Crippen LogP contribution in [0.3, 0.4) is 0 Å². The lowest BCUT2D eigenvalue weighted by atomic mass is 10.1. The maximum absolute atomic E-state index is 11.7. The van der Waals surface area contributed by atoms with Crippen molar-refractivity contribution >= 4 is 29.1 Å². The molecule has 0 unspecified atom stereocenters. The molecule has 0 atom stereocenters. The number of carbonyl (C=O) groups is 1. The highest BCUT2D eigenvalue weighted by molar-refractivity contribution is 6.33. The predicted octanol–water partition coefficient (Wildman–Crippen LogP) is 1.74. The van der Waals surface area contributed by atoms with Crippen LogP contribution >= 0.6 is 23.2 Å². The summed E-state index contributed by atoms with van der Waals surface area (Å²) in [5, 5.41) is 10.2. The van der Waals surface area contributed by atoms with E-state index in [0.29, 0.717) is 23.1 Å². The molecule has 5 heteroatoms. The first-order chi connectivity index (χ1) is 7.56. The van der Waals surface area contributed by atoms with Crippen LogP contribution in [0.4, 0.5) is 0 Å². The van der Waals surface area contributed by atoms with Gasteiger partial charge in [0.25, 0.3) is 0 Å². The molecule has 86 valence electrons. The van der Waals surface area contributed by atoms with E-state index in [1.54, 1.807) is 23.1 Å². The molecular formula is C11H11Cl2NO2. The second kappa shape index (κ2) is 4.62. The van der Waals surface area contributed by atoms with Crippen molar-refractivity contribution in [3.63, 3.8) is 0 Å². The molecule has 1 heterocycles. The number of aliphatic hydroxyl groups is 1. The lowest BCUT2D eigenvalue weighted by molar-refractivity contribution is -0.140. The van der Waals surface area contributed by atoms with Crippen molar-refractivity contribution in [3.8, 4) is 0 Å². The Morgan fingerprint density at radius 3 is 2.75 bits per heavy atom. The van der Waals surface area contributed by atoms with Crippen molar-refractivity contribution in [3.05, 3.63) is 33.8 Å². The molecular weight excluding hydrogens is 249 g/mol. The minimum atomic E-state index is -0.376. The average Bonchev–Trinajstić information content (AvgIpc) is 2.19. The fraction of sp³-hybridized carbons (Fsp3) is 0.364. The van der Waals surface area contributed by atoms with Gasteiger partial charge in [0.15, 0.2) is 0 Å². The number of β-amino-alcohol motifs (C(OH)–C–C–N with tert-alkyl or cyclic N) is 1. The van der Waals surface area contributed by atoms with Gasteiger partial charge in [0.2, 0.25) is 5.91 Å². The minimum absolute atomic E-state index is 0.0329. The van der Waals surface area contributed by atoms with E-state index in [4.69, 9.17) is 28.3 Å². The number of halogens is 2. The van der Waals surface area contributed by atoms with E-state index in [1.807, 2.05) is 0 Å². The average molecular weight is 260 g/mol. The lowest BCUT2D eigenvalue weighted by Gasteiger charge is -2.36. The Morgan fingerprint density at radius 1 is 1.44 bits per heavy atom. The molecule has 1 aliphatic rings. The Bertz CT molecular complexity index is 416. The third-order valence-electron chi connectivity index (χ3n) is 2.56. The molecule has 0 aliphatic carbocycles. The number of hydrogen-bond donors (Lipinski definition) is 1. The standard InChI is InChI=1S/C11H11Cl2NO2/c12-8-1-2-10(13)7(3-8)4-11(16)14-5-9(15)6-14/h1-3,9,15H,4-6H2. The second-order valence-electron chi connectivity index (χ2n) is 3.87. The van der Waals surface area contributed by atoms with Gasteiger partial charge in [-0.1, -0.05) is 23.2 Å². The van der Waals surface area contributed by atoms with Crippen LogP contribution in [0.2, 0.25) is 10.0 Å². The van der Waals surface area contributed by atoms with Gasteiger partial charge in [0, 0.05) is 23.1 Å². The Hall–Kier alpha value is -0.770. The number of carbonyl (C=O) groups excluding carboxylic acids is 1. The van der Waals surface area contributed by atoms with Crippen LogP contribution in [0.1, 0.15) is 5.56 Å². The zero-order valence-electron chi connectivity index (χ0n) is 8.49. The number of nitrogens with zero attached hydrogens (tertiary/aromatic N) is 1. The van der Waals surface area contributed by atoms with Crippen LogP contribution in [-0.4, -0.2) is 35.1 Å². The molecule has 1 saturated heterocycles. The molecule has 1 N–H and O–H groups in total. The molecule has 1 aliphatic heterocycles. The summed E-state index contributed by atoms with van der Waals surface area (Å²) < 4.78 is 0. The number of amides is 1. The first-order valence-corrected chi connectivity index (χ1v) is 5.71. The van der Waals surface area contributed by atoms with Crippen molar-refractivity contribution in [1.29, 1.82) is 0 Å². The van der Waals surface area contributed by atoms with Gasteiger partial charge in [-0.2, -0.15) is 0 Å². The van der Waals surface area contributed by atoms with Gasteiger partial charge in [0.1, 0.15) is 0 Å². The highest BCUT2D eigenvalue weighted by Gasteiger charge is 2.28. The fourth-order valence-electron chi connectivity index (χ4n) is 1.61. The lowest BCUT2D eigenvalue weighted by Crippen LogP contribution is -2.53. The van der Waals surface area contributed by atoms with E-state index in [0.717, 1.165) is 5.56 Å². The quantitative estimate of drug-likeness (QED) is 0.879. The molecule has 1 fully saturated rings. The molecule has 0 spiro atoms. The monoisotopic (exact) mass is 259 g/mol. The molecule has 2 rings (SSSR count). The highest BCUT2D eigenvalue weighted by Crippen LogP contribution is 2.22. The predicted molar refractivity (Wildman–Crippen MR) is 62.8 cm³/mol. The van der Waals surface area contributed by atoms with Crippen molar-refractivity contribution < 1.29 is 9.90 Å². The number of likely N-dealkylation sites (tertiary alicyclic amines) is 1. The molecule has 16 heavy (non-hydrogen) atoms. The minimum Gasteiger partial charge on any atom is -0.389 e. The fourth-order valence-corrected chi connectivity index (χ4v) is 1.99. The summed E-state index contributed by atoms with van der Waals surface area (Å²) in [7, 11) is 0. The molecule has 0 radical (unpaired) electrons. The molecule has 1 aromatic carbocycles. The first-order valence-electron chi connectivity index (χ1n) is 4.96. The Balaban J connectivity index is 2.03. The number of benzene rings is 1. The second-order valence-corrected chi connectivity index (χ2v) is 4.71. The largest absolute Gasteiger partial charge is 0.389 e. The zero-order valence-corrected chi connectivity index (χ0v) is 10.0. The van der Waals surface area contributed by atoms with E-state index in [2.05, 4.69) is 0 Å². The van der Waals surface area contributed by atoms with Crippen LogP contribution < -0.4 is 0 Å². The zero-order chi connectivity index (χ0) is 11.7. The molecule has 0 saturated carbocycles. The Morgan fingerprint density at radius 2 is 2.12 bits per heavy atom. The topological polar surface area (TPSA) is 40.5 Å². The maximum Gasteiger partial charge on any atom is 0.227 e. The molecule has 3 nitrogen and oxygen atoms in total. The van der Waals surface area contributed by atoms with Crippen molar-refractivity contribution in [2.24, 2.45) is 0 Å². The summed E-state index contributed by atoms with van der Waals surface area (Å²) in [6, 6.07) is 5.06. The maximum atomic E-state index is 11.7. The molecule has 1 aromatic rings. The summed E-state index contributed by atoms with van der Waals surface area (Å²) in [6.45, 7) is 0.827. The van der Waals surface area contributed by atoms with Crippen molar-refractivity contribution in [2.75, 3.05) is 13.1 Å². The SMILES string of the molecule is O=C(Cc1cc(Cl)ccc1Cl)N1CC(O)C1. The van der Waals surface area contributed by atoms with Crippen molar-refractivity contribution in [1.82, 2.24) is 4.90 Å². The van der Waals surface area contributed by atoms with Crippen LogP contribution in [0.15, 0.2) is 18.2 Å². The van der Waals surface area contributed by atoms with Gasteiger partial charge in [-0.25, -0.2) is 0 Å². The summed E-state index contributed by atoms with van der Waals surface area (Å²) in [5.74, 6) is -0.0329. The van der Waals surface area contributed by atoms with Crippen molar-refractivity contribution in [2.45, 2.75) is 12.5 Å². The van der Waals surface area contributed by atoms with Gasteiger partial charge >= 0.3 is 0 Å². The van der Waals surface area contributed by atoms with Gasteiger partial charge in [-0.15, -0.1) is 0 Å². The summed E-state index contributed by atoms with van der Waals surface area (Å²) in [5.41, 5.74) is 0.723. The first kappa shape index (κ1) is 11.7. The van der Waals surface area contributed by atoms with Crippen LogP contribution in [0.5, 0.6) is 0 Å². The smallest absolute Gasteiger partial charge is 0.227 e. The normalized spacial score (nSPS) is 16.1. The molecule has 0 bridgehead atoms. The van der Waals surface area contributed by atoms with E-state index >= 15 is 0 Å². The Kier molecular flexibility index (Phi) is 3.38. The van der Waals surface area contributed by atoms with Gasteiger partial charge in [0.05, 0.1) is 12.5 Å². The number of rotatable bonds is 2. The van der Waals surface area contributed by atoms with E-state index in [-0.39, 0.29) is 18.4 Å². The summed E-state index contributed by atoms with van der Waals surface area (Å²) >= 11 is 11.8. The molecule has 0 aromatic heterocycles. The molecule has 1 amide bonds. The van der Waals surface area contributed by atoms with E-state index < -0.39 is 0 Å². The number of aliphatic hydroxyl groups excluding tert-OH is 1. The van der Waals surface area contributed by atoms with Gasteiger partial charge in [-0.05, 0) is 23.8 Å².